The third kappa shape index (κ3) is 4.62. The zero-order valence-corrected chi connectivity index (χ0v) is 13.7. The highest BCUT2D eigenvalue weighted by molar-refractivity contribution is 5.78. The van der Waals surface area contributed by atoms with Crippen LogP contribution in [0.2, 0.25) is 0 Å². The Labute approximate surface area is 148 Å². The van der Waals surface area contributed by atoms with Crippen molar-refractivity contribution < 1.29 is 18.3 Å². The molecule has 0 aliphatic heterocycles. The molecule has 1 N–H and O–H groups in total. The molecular weight excluding hydrogens is 342 g/mol. The molecule has 0 bridgehead atoms. The Morgan fingerprint density at radius 1 is 1.19 bits per heavy atom. The third-order valence-corrected chi connectivity index (χ3v) is 3.63. The number of carbonyl (C=O) groups is 1. The van der Waals surface area contributed by atoms with Crippen LogP contribution in [0, 0.1) is 11.6 Å². The van der Waals surface area contributed by atoms with E-state index in [1.165, 1.54) is 6.33 Å². The fourth-order valence-corrected chi connectivity index (χ4v) is 2.41. The predicted molar refractivity (Wildman–Crippen MR) is 89.2 cm³/mol. The van der Waals surface area contributed by atoms with Gasteiger partial charge in [-0.2, -0.15) is 5.10 Å². The molecule has 0 saturated carbocycles. The van der Waals surface area contributed by atoms with Crippen molar-refractivity contribution in [3.05, 3.63) is 78.4 Å². The molecule has 1 atom stereocenters. The average molecular weight is 358 g/mol. The van der Waals surface area contributed by atoms with E-state index in [9.17, 15) is 13.6 Å². The van der Waals surface area contributed by atoms with Gasteiger partial charge in [0.25, 0.3) is 5.91 Å². The van der Waals surface area contributed by atoms with Gasteiger partial charge in [-0.25, -0.2) is 13.8 Å². The van der Waals surface area contributed by atoms with Crippen molar-refractivity contribution in [1.29, 1.82) is 0 Å². The SMILES string of the molecule is O=C(COc1ccc(F)cc1F)NC(Cn1cncn1)c1ccccc1. The maximum Gasteiger partial charge on any atom is 0.258 e. The first kappa shape index (κ1) is 17.5. The van der Waals surface area contributed by atoms with Crippen molar-refractivity contribution in [3.8, 4) is 5.75 Å². The van der Waals surface area contributed by atoms with Crippen LogP contribution in [0.1, 0.15) is 11.6 Å². The van der Waals surface area contributed by atoms with E-state index in [2.05, 4.69) is 15.4 Å². The second kappa shape index (κ2) is 8.19. The summed E-state index contributed by atoms with van der Waals surface area (Å²) in [5.74, 6) is -2.20. The second-order valence-electron chi connectivity index (χ2n) is 5.51. The van der Waals surface area contributed by atoms with E-state index in [-0.39, 0.29) is 11.8 Å². The number of ether oxygens (including phenoxy) is 1. The summed E-state index contributed by atoms with van der Waals surface area (Å²) in [5.41, 5.74) is 0.879. The molecule has 0 spiro atoms. The van der Waals surface area contributed by atoms with Crippen LogP contribution in [0.3, 0.4) is 0 Å². The summed E-state index contributed by atoms with van der Waals surface area (Å²) in [6.07, 6.45) is 2.96. The van der Waals surface area contributed by atoms with Crippen LogP contribution in [-0.4, -0.2) is 27.3 Å². The summed E-state index contributed by atoms with van der Waals surface area (Å²) >= 11 is 0. The number of amides is 1. The van der Waals surface area contributed by atoms with Crippen molar-refractivity contribution >= 4 is 5.91 Å². The number of nitrogens with zero attached hydrogens (tertiary/aromatic N) is 3. The smallest absolute Gasteiger partial charge is 0.258 e. The van der Waals surface area contributed by atoms with Gasteiger partial charge in [-0.1, -0.05) is 30.3 Å². The number of nitrogens with one attached hydrogen (secondary N) is 1. The van der Waals surface area contributed by atoms with Crippen LogP contribution < -0.4 is 10.1 Å². The highest BCUT2D eigenvalue weighted by Crippen LogP contribution is 2.18. The Hall–Kier alpha value is -3.29. The first-order valence-corrected chi connectivity index (χ1v) is 7.86. The van der Waals surface area contributed by atoms with E-state index < -0.39 is 24.1 Å². The van der Waals surface area contributed by atoms with Crippen molar-refractivity contribution in [2.24, 2.45) is 0 Å². The van der Waals surface area contributed by atoms with Crippen LogP contribution in [-0.2, 0) is 11.3 Å². The fourth-order valence-electron chi connectivity index (χ4n) is 2.41. The first-order valence-electron chi connectivity index (χ1n) is 7.86. The maximum absolute atomic E-state index is 13.6. The van der Waals surface area contributed by atoms with E-state index in [0.717, 1.165) is 17.7 Å². The van der Waals surface area contributed by atoms with Gasteiger partial charge in [0.05, 0.1) is 12.6 Å². The monoisotopic (exact) mass is 358 g/mol. The van der Waals surface area contributed by atoms with Crippen LogP contribution in [0.4, 0.5) is 8.78 Å². The van der Waals surface area contributed by atoms with E-state index in [4.69, 9.17) is 4.74 Å². The minimum atomic E-state index is -0.861. The molecule has 0 aliphatic carbocycles. The Bertz CT molecular complexity index is 857. The third-order valence-electron chi connectivity index (χ3n) is 3.63. The van der Waals surface area contributed by atoms with Gasteiger partial charge in [-0.3, -0.25) is 9.48 Å². The lowest BCUT2D eigenvalue weighted by atomic mass is 10.1. The Balaban J connectivity index is 1.65. The van der Waals surface area contributed by atoms with Crippen LogP contribution >= 0.6 is 0 Å². The van der Waals surface area contributed by atoms with Crippen molar-refractivity contribution in [1.82, 2.24) is 20.1 Å². The number of carbonyl (C=O) groups excluding carboxylic acids is 1. The van der Waals surface area contributed by atoms with Crippen molar-refractivity contribution in [2.45, 2.75) is 12.6 Å². The normalized spacial score (nSPS) is 11.8. The van der Waals surface area contributed by atoms with E-state index >= 15 is 0 Å². The number of benzene rings is 2. The largest absolute Gasteiger partial charge is 0.481 e. The quantitative estimate of drug-likeness (QED) is 0.705. The minimum Gasteiger partial charge on any atom is -0.481 e. The molecule has 134 valence electrons. The molecule has 1 unspecified atom stereocenters. The Morgan fingerprint density at radius 2 is 2.00 bits per heavy atom. The lowest BCUT2D eigenvalue weighted by Gasteiger charge is -2.19. The van der Waals surface area contributed by atoms with Gasteiger partial charge in [-0.05, 0) is 17.7 Å². The lowest BCUT2D eigenvalue weighted by Crippen LogP contribution is -2.35. The summed E-state index contributed by atoms with van der Waals surface area (Å²) in [5, 5.41) is 6.86. The van der Waals surface area contributed by atoms with E-state index in [1.807, 2.05) is 30.3 Å². The number of aromatic nitrogens is 3. The lowest BCUT2D eigenvalue weighted by molar-refractivity contribution is -0.124. The Kier molecular flexibility index (Phi) is 5.52. The molecule has 1 heterocycles. The number of halogens is 2. The van der Waals surface area contributed by atoms with E-state index in [0.29, 0.717) is 12.6 Å². The molecule has 0 saturated heterocycles. The molecule has 0 aliphatic rings. The zero-order valence-electron chi connectivity index (χ0n) is 13.7. The zero-order chi connectivity index (χ0) is 18.4. The van der Waals surface area contributed by atoms with Gasteiger partial charge in [-0.15, -0.1) is 0 Å². The summed E-state index contributed by atoms with van der Waals surface area (Å²) in [4.78, 5) is 16.1. The van der Waals surface area contributed by atoms with Crippen LogP contribution in [0.15, 0.2) is 61.2 Å². The van der Waals surface area contributed by atoms with Crippen molar-refractivity contribution in [2.75, 3.05) is 6.61 Å². The molecule has 0 radical (unpaired) electrons. The minimum absolute atomic E-state index is 0.186. The fraction of sp³-hybridized carbons (Fsp3) is 0.167. The van der Waals surface area contributed by atoms with E-state index in [1.54, 1.807) is 11.0 Å². The molecule has 3 aromatic rings. The number of hydrogen-bond acceptors (Lipinski definition) is 4. The van der Waals surface area contributed by atoms with Gasteiger partial charge >= 0.3 is 0 Å². The highest BCUT2D eigenvalue weighted by atomic mass is 19.1. The molecule has 26 heavy (non-hydrogen) atoms. The van der Waals surface area contributed by atoms with Gasteiger partial charge in [0.15, 0.2) is 18.2 Å². The molecule has 0 fully saturated rings. The van der Waals surface area contributed by atoms with Gasteiger partial charge in [0, 0.05) is 6.07 Å². The van der Waals surface area contributed by atoms with Crippen LogP contribution in [0.5, 0.6) is 5.75 Å². The molecule has 3 rings (SSSR count). The molecular formula is C18H16F2N4O2. The summed E-state index contributed by atoms with van der Waals surface area (Å²) in [7, 11) is 0. The van der Waals surface area contributed by atoms with Gasteiger partial charge in [0.2, 0.25) is 0 Å². The second-order valence-corrected chi connectivity index (χ2v) is 5.51. The number of rotatable bonds is 7. The van der Waals surface area contributed by atoms with Crippen molar-refractivity contribution in [3.63, 3.8) is 0 Å². The number of hydrogen-bond donors (Lipinski definition) is 1. The summed E-state index contributed by atoms with van der Waals surface area (Å²) in [6, 6.07) is 11.9. The molecule has 8 heteroatoms. The highest BCUT2D eigenvalue weighted by Gasteiger charge is 2.16. The van der Waals surface area contributed by atoms with Gasteiger partial charge < -0.3 is 10.1 Å². The topological polar surface area (TPSA) is 69.0 Å². The first-order chi connectivity index (χ1) is 12.6. The maximum atomic E-state index is 13.6. The summed E-state index contributed by atoms with van der Waals surface area (Å²) in [6.45, 7) is -0.0239. The van der Waals surface area contributed by atoms with Crippen LogP contribution in [0.25, 0.3) is 0 Å². The average Bonchev–Trinajstić information content (AvgIpc) is 3.14. The predicted octanol–water partition coefficient (Wildman–Crippen LogP) is 2.49. The standard InChI is InChI=1S/C18H16F2N4O2/c19-14-6-7-17(15(20)8-14)26-10-18(25)23-16(9-24-12-21-11-22-24)13-4-2-1-3-5-13/h1-8,11-12,16H,9-10H2,(H,23,25). The van der Waals surface area contributed by atoms with Gasteiger partial charge in [0.1, 0.15) is 18.5 Å². The molecule has 6 nitrogen and oxygen atoms in total. The molecule has 1 aromatic heterocycles. The Morgan fingerprint density at radius 3 is 2.69 bits per heavy atom. The molecule has 1 amide bonds. The summed E-state index contributed by atoms with van der Waals surface area (Å²) < 4.78 is 33.2. The molecule has 2 aromatic carbocycles.